The second kappa shape index (κ2) is 13.4. The first-order chi connectivity index (χ1) is 20.9. The van der Waals surface area contributed by atoms with Gasteiger partial charge in [-0.3, -0.25) is 14.4 Å². The number of anilines is 1. The number of amides is 2. The van der Waals surface area contributed by atoms with Crippen LogP contribution in [0.25, 0.3) is 0 Å². The Morgan fingerprint density at radius 1 is 0.860 bits per heavy atom. The average molecular weight is 577 g/mol. The van der Waals surface area contributed by atoms with Crippen molar-refractivity contribution in [1.29, 1.82) is 0 Å². The molecule has 4 aromatic carbocycles. The quantitative estimate of drug-likeness (QED) is 0.235. The van der Waals surface area contributed by atoms with Gasteiger partial charge in [-0.15, -0.1) is 0 Å². The molecular weight excluding hydrogens is 540 g/mol. The maximum atomic E-state index is 13.7. The van der Waals surface area contributed by atoms with Gasteiger partial charge < -0.3 is 19.7 Å². The van der Waals surface area contributed by atoms with Crippen LogP contribution in [0, 0.1) is 0 Å². The van der Waals surface area contributed by atoms with Gasteiger partial charge in [0.25, 0.3) is 5.91 Å². The van der Waals surface area contributed by atoms with Gasteiger partial charge in [0.05, 0.1) is 19.6 Å². The van der Waals surface area contributed by atoms with Crippen molar-refractivity contribution in [3.05, 3.63) is 130 Å². The summed E-state index contributed by atoms with van der Waals surface area (Å²) in [5.74, 6) is -0.725. The highest BCUT2D eigenvalue weighted by molar-refractivity contribution is 5.94. The van der Waals surface area contributed by atoms with Crippen LogP contribution in [0.2, 0.25) is 0 Å². The molecule has 0 saturated heterocycles. The largest absolute Gasteiger partial charge is 0.497 e. The summed E-state index contributed by atoms with van der Waals surface area (Å²) in [4.78, 5) is 40.6. The number of carbonyl (C=O) groups is 3. The Morgan fingerprint density at radius 3 is 2.23 bits per heavy atom. The van der Waals surface area contributed by atoms with Crippen molar-refractivity contribution in [2.45, 2.75) is 38.6 Å². The zero-order chi connectivity index (χ0) is 30.3. The molecule has 0 bridgehead atoms. The van der Waals surface area contributed by atoms with Crippen molar-refractivity contribution >= 4 is 23.5 Å². The number of carbonyl (C=O) groups excluding carboxylic acids is 3. The third-order valence-electron chi connectivity index (χ3n) is 7.88. The Kier molecular flexibility index (Phi) is 9.20. The van der Waals surface area contributed by atoms with Crippen LogP contribution in [0.3, 0.4) is 0 Å². The van der Waals surface area contributed by atoms with E-state index < -0.39 is 5.92 Å². The number of hydrogen-bond acceptors (Lipinski definition) is 5. The second-order valence-corrected chi connectivity index (χ2v) is 10.6. The average Bonchev–Trinajstić information content (AvgIpc) is 3.03. The van der Waals surface area contributed by atoms with Gasteiger partial charge in [0.2, 0.25) is 5.91 Å². The van der Waals surface area contributed by atoms with Crippen LogP contribution in [0.1, 0.15) is 63.9 Å². The lowest BCUT2D eigenvalue weighted by molar-refractivity contribution is -0.145. The summed E-state index contributed by atoms with van der Waals surface area (Å²) in [6.07, 6.45) is 0.651. The number of benzene rings is 4. The zero-order valence-corrected chi connectivity index (χ0v) is 24.7. The summed E-state index contributed by atoms with van der Waals surface area (Å²) >= 11 is 0. The summed E-state index contributed by atoms with van der Waals surface area (Å²) in [6, 6.07) is 30.7. The highest BCUT2D eigenvalue weighted by Gasteiger charge is 2.36. The van der Waals surface area contributed by atoms with Crippen molar-refractivity contribution in [3.8, 4) is 5.75 Å². The molecule has 0 aromatic heterocycles. The molecule has 0 radical (unpaired) electrons. The van der Waals surface area contributed by atoms with Crippen molar-refractivity contribution in [2.75, 3.05) is 25.6 Å². The van der Waals surface area contributed by atoms with E-state index in [0.29, 0.717) is 36.5 Å². The molecule has 2 atom stereocenters. The minimum absolute atomic E-state index is 0.0301. The minimum atomic E-state index is -0.599. The maximum absolute atomic E-state index is 13.7. The van der Waals surface area contributed by atoms with Gasteiger partial charge >= 0.3 is 5.97 Å². The number of fused-ring (bicyclic) bond motifs is 1. The van der Waals surface area contributed by atoms with Crippen molar-refractivity contribution in [1.82, 2.24) is 4.90 Å². The van der Waals surface area contributed by atoms with Gasteiger partial charge in [0.1, 0.15) is 5.75 Å². The lowest BCUT2D eigenvalue weighted by atomic mass is 9.74. The maximum Gasteiger partial charge on any atom is 0.314 e. The lowest BCUT2D eigenvalue weighted by Crippen LogP contribution is -2.37. The Labute approximate surface area is 252 Å². The molecule has 1 heterocycles. The van der Waals surface area contributed by atoms with Gasteiger partial charge in [-0.25, -0.2) is 0 Å². The molecule has 2 unspecified atom stereocenters. The molecule has 2 amide bonds. The predicted molar refractivity (Wildman–Crippen MR) is 166 cm³/mol. The van der Waals surface area contributed by atoms with Crippen LogP contribution < -0.4 is 10.1 Å². The summed E-state index contributed by atoms with van der Waals surface area (Å²) in [7, 11) is 1.60. The van der Waals surface area contributed by atoms with Crippen LogP contribution in [0.4, 0.5) is 5.69 Å². The molecule has 4 aromatic rings. The fourth-order valence-corrected chi connectivity index (χ4v) is 5.91. The van der Waals surface area contributed by atoms with E-state index >= 15 is 0 Å². The van der Waals surface area contributed by atoms with Gasteiger partial charge in [0.15, 0.2) is 0 Å². The van der Waals surface area contributed by atoms with Crippen LogP contribution in [0.15, 0.2) is 97.1 Å². The van der Waals surface area contributed by atoms with Crippen LogP contribution in [0.5, 0.6) is 5.75 Å². The molecule has 1 aliphatic rings. The number of ether oxygens (including phenoxy) is 2. The number of rotatable bonds is 9. The molecule has 5 rings (SSSR count). The third-order valence-corrected chi connectivity index (χ3v) is 7.88. The highest BCUT2D eigenvalue weighted by Crippen LogP contribution is 2.43. The second-order valence-electron chi connectivity index (χ2n) is 10.6. The van der Waals surface area contributed by atoms with Crippen LogP contribution in [-0.4, -0.2) is 42.9 Å². The molecule has 0 aliphatic carbocycles. The summed E-state index contributed by atoms with van der Waals surface area (Å²) in [5.41, 5.74) is 6.32. The third kappa shape index (κ3) is 6.61. The number of esters is 1. The predicted octanol–water partition coefficient (Wildman–Crippen LogP) is 6.33. The van der Waals surface area contributed by atoms with Crippen molar-refractivity contribution in [2.24, 2.45) is 0 Å². The van der Waals surface area contributed by atoms with Gasteiger partial charge in [0, 0.05) is 37.2 Å². The Hall–Kier alpha value is -4.91. The number of hydrogen-bond donors (Lipinski definition) is 1. The first-order valence-corrected chi connectivity index (χ1v) is 14.5. The lowest BCUT2D eigenvalue weighted by Gasteiger charge is -2.34. The molecule has 43 heavy (non-hydrogen) atoms. The van der Waals surface area contributed by atoms with E-state index in [2.05, 4.69) is 17.4 Å². The van der Waals surface area contributed by atoms with E-state index in [1.165, 1.54) is 6.92 Å². The van der Waals surface area contributed by atoms with Crippen LogP contribution >= 0.6 is 0 Å². The standard InChI is InChI=1S/C36H36N2O5/c1-4-43-36(41)34(25-9-6-5-7-10-25)33(26-13-17-29(18-14-26)37-24(2)39)32-12-8-11-28-23-38(22-21-31(28)32)35(40)27-15-19-30(42-3)20-16-27/h5-20,33-34H,4,21-23H2,1-3H3,(H,37,39). The van der Waals surface area contributed by atoms with Gasteiger partial charge in [-0.2, -0.15) is 0 Å². The first kappa shape index (κ1) is 29.6. The van der Waals surface area contributed by atoms with Crippen molar-refractivity contribution < 1.29 is 23.9 Å². The molecular formula is C36H36N2O5. The Balaban J connectivity index is 1.56. The number of nitrogens with zero attached hydrogens (tertiary/aromatic N) is 1. The zero-order valence-electron chi connectivity index (χ0n) is 24.7. The molecule has 7 heteroatoms. The van der Waals surface area contributed by atoms with E-state index in [0.717, 1.165) is 27.8 Å². The van der Waals surface area contributed by atoms with E-state index in [1.54, 1.807) is 31.4 Å². The topological polar surface area (TPSA) is 84.9 Å². The van der Waals surface area contributed by atoms with E-state index in [1.807, 2.05) is 72.5 Å². The van der Waals surface area contributed by atoms with E-state index in [-0.39, 0.29) is 30.3 Å². The van der Waals surface area contributed by atoms with E-state index in [9.17, 15) is 14.4 Å². The smallest absolute Gasteiger partial charge is 0.314 e. The fourth-order valence-electron chi connectivity index (χ4n) is 5.91. The molecule has 220 valence electrons. The molecule has 0 fully saturated rings. The number of nitrogens with one attached hydrogen (secondary N) is 1. The summed E-state index contributed by atoms with van der Waals surface area (Å²) < 4.78 is 10.9. The molecule has 0 spiro atoms. The van der Waals surface area contributed by atoms with Crippen molar-refractivity contribution in [3.63, 3.8) is 0 Å². The SMILES string of the molecule is CCOC(=O)C(c1ccccc1)C(c1ccc(NC(C)=O)cc1)c1cccc2c1CCN(C(=O)c1ccc(OC)cc1)C2. The molecule has 1 N–H and O–H groups in total. The first-order valence-electron chi connectivity index (χ1n) is 14.5. The van der Waals surface area contributed by atoms with Gasteiger partial charge in [-0.1, -0.05) is 60.7 Å². The summed E-state index contributed by atoms with van der Waals surface area (Å²) in [6.45, 7) is 4.58. The summed E-state index contributed by atoms with van der Waals surface area (Å²) in [5, 5.41) is 2.82. The minimum Gasteiger partial charge on any atom is -0.497 e. The molecule has 7 nitrogen and oxygen atoms in total. The Bertz CT molecular complexity index is 1580. The highest BCUT2D eigenvalue weighted by atomic mass is 16.5. The Morgan fingerprint density at radius 2 is 1.58 bits per heavy atom. The molecule has 0 saturated carbocycles. The monoisotopic (exact) mass is 576 g/mol. The number of methoxy groups -OCH3 is 1. The normalized spacial score (nSPS) is 13.8. The van der Waals surface area contributed by atoms with Gasteiger partial charge in [-0.05, 0) is 77.6 Å². The fraction of sp³-hybridized carbons (Fsp3) is 0.250. The molecule has 1 aliphatic heterocycles. The van der Waals surface area contributed by atoms with E-state index in [4.69, 9.17) is 9.47 Å². The van der Waals surface area contributed by atoms with Crippen LogP contribution in [-0.2, 0) is 27.3 Å².